The third-order valence-electron chi connectivity index (χ3n) is 11.8. The molecule has 1 aliphatic rings. The van der Waals surface area contributed by atoms with Crippen molar-refractivity contribution in [1.29, 1.82) is 0 Å². The number of nitrogens with zero attached hydrogens (tertiary/aromatic N) is 1. The van der Waals surface area contributed by atoms with Crippen molar-refractivity contribution in [1.82, 2.24) is 4.98 Å². The molecule has 9 aromatic carbocycles. The maximum absolute atomic E-state index is 5.14. The van der Waals surface area contributed by atoms with Gasteiger partial charge in [-0.25, -0.2) is 4.98 Å². The standard InChI is InChI=1S/C52H35N/c1-52(2)45-23-10-7-17-37(45)43-31-34(27-29-46(43)52)49-38-18-5-6-19-39(38)50(51-41-20-8-11-24-47(41)53-48-25-12-9-21-42(48)51)40-28-26-33(30-44(40)49)36-22-13-15-32-14-3-4-16-35(32)36/h3-31H,1-2H3. The van der Waals surface area contributed by atoms with Gasteiger partial charge in [-0.05, 0) is 107 Å². The molecule has 0 fully saturated rings. The third-order valence-corrected chi connectivity index (χ3v) is 11.8. The van der Waals surface area contributed by atoms with Crippen LogP contribution in [0.25, 0.3) is 98.6 Å². The molecule has 0 aliphatic heterocycles. The van der Waals surface area contributed by atoms with Crippen LogP contribution in [-0.2, 0) is 5.41 Å². The molecular weight excluding hydrogens is 639 g/mol. The van der Waals surface area contributed by atoms with E-state index in [1.807, 2.05) is 0 Å². The summed E-state index contributed by atoms with van der Waals surface area (Å²) in [7, 11) is 0. The molecule has 1 aromatic heterocycles. The summed E-state index contributed by atoms with van der Waals surface area (Å²) >= 11 is 0. The molecular formula is C52H35N. The lowest BCUT2D eigenvalue weighted by Gasteiger charge is -2.23. The van der Waals surface area contributed by atoms with E-state index in [1.165, 1.54) is 98.7 Å². The lowest BCUT2D eigenvalue weighted by Crippen LogP contribution is -2.14. The molecule has 248 valence electrons. The molecule has 0 saturated heterocycles. The molecule has 1 heterocycles. The van der Waals surface area contributed by atoms with Crippen molar-refractivity contribution in [3.05, 3.63) is 187 Å². The Morgan fingerprint density at radius 3 is 1.64 bits per heavy atom. The van der Waals surface area contributed by atoms with Gasteiger partial charge in [-0.15, -0.1) is 0 Å². The lowest BCUT2D eigenvalue weighted by molar-refractivity contribution is 0.660. The summed E-state index contributed by atoms with van der Waals surface area (Å²) in [6.45, 7) is 4.72. The monoisotopic (exact) mass is 673 g/mol. The number of hydrogen-bond donors (Lipinski definition) is 0. The Hall–Kier alpha value is -6.57. The maximum atomic E-state index is 5.14. The van der Waals surface area contributed by atoms with Crippen LogP contribution >= 0.6 is 0 Å². The van der Waals surface area contributed by atoms with E-state index in [4.69, 9.17) is 4.98 Å². The van der Waals surface area contributed by atoms with Crippen molar-refractivity contribution < 1.29 is 0 Å². The minimum atomic E-state index is -0.0521. The van der Waals surface area contributed by atoms with Gasteiger partial charge < -0.3 is 0 Å². The predicted octanol–water partition coefficient (Wildman–Crippen LogP) is 14.2. The summed E-state index contributed by atoms with van der Waals surface area (Å²) in [5.41, 5.74) is 14.9. The van der Waals surface area contributed by atoms with Crippen molar-refractivity contribution in [2.75, 3.05) is 0 Å². The van der Waals surface area contributed by atoms with Crippen LogP contribution in [0, 0.1) is 0 Å². The van der Waals surface area contributed by atoms with Crippen LogP contribution in [0.2, 0.25) is 0 Å². The highest BCUT2D eigenvalue weighted by molar-refractivity contribution is 6.27. The summed E-state index contributed by atoms with van der Waals surface area (Å²) in [4.78, 5) is 5.14. The van der Waals surface area contributed by atoms with Gasteiger partial charge in [0, 0.05) is 21.8 Å². The highest BCUT2D eigenvalue weighted by atomic mass is 14.7. The summed E-state index contributed by atoms with van der Waals surface area (Å²) in [6.07, 6.45) is 0. The van der Waals surface area contributed by atoms with E-state index in [2.05, 4.69) is 190 Å². The van der Waals surface area contributed by atoms with Gasteiger partial charge in [-0.1, -0.05) is 166 Å². The highest BCUT2D eigenvalue weighted by Gasteiger charge is 2.35. The molecule has 10 aromatic rings. The molecule has 1 aliphatic carbocycles. The second kappa shape index (κ2) is 11.2. The molecule has 0 unspecified atom stereocenters. The smallest absolute Gasteiger partial charge is 0.0715 e. The first-order valence-corrected chi connectivity index (χ1v) is 18.6. The van der Waals surface area contributed by atoms with Crippen molar-refractivity contribution >= 4 is 54.1 Å². The predicted molar refractivity (Wildman–Crippen MR) is 226 cm³/mol. The molecule has 0 radical (unpaired) electrons. The third kappa shape index (κ3) is 4.35. The van der Waals surface area contributed by atoms with Crippen molar-refractivity contribution in [2.45, 2.75) is 19.3 Å². The Balaban J connectivity index is 1.31. The molecule has 11 rings (SSSR count). The van der Waals surface area contributed by atoms with Gasteiger partial charge in [-0.2, -0.15) is 0 Å². The second-order valence-electron chi connectivity index (χ2n) is 15.0. The quantitative estimate of drug-likeness (QED) is 0.170. The SMILES string of the molecule is CC1(C)c2ccccc2-c2cc(-c3c4ccccc4c(-c4c5ccccc5nc5ccccc45)c4ccc(-c5cccc6ccccc56)cc34)ccc21. The Morgan fingerprint density at radius 1 is 0.340 bits per heavy atom. The van der Waals surface area contributed by atoms with Gasteiger partial charge in [0.15, 0.2) is 0 Å². The highest BCUT2D eigenvalue weighted by Crippen LogP contribution is 2.52. The minimum absolute atomic E-state index is 0.0521. The van der Waals surface area contributed by atoms with E-state index >= 15 is 0 Å². The van der Waals surface area contributed by atoms with Gasteiger partial charge in [-0.3, -0.25) is 0 Å². The largest absolute Gasteiger partial charge is 0.248 e. The fourth-order valence-corrected chi connectivity index (χ4v) is 9.39. The first kappa shape index (κ1) is 30.1. The zero-order valence-corrected chi connectivity index (χ0v) is 29.7. The van der Waals surface area contributed by atoms with Gasteiger partial charge in [0.25, 0.3) is 0 Å². The van der Waals surface area contributed by atoms with Crippen LogP contribution in [-0.4, -0.2) is 4.98 Å². The zero-order valence-electron chi connectivity index (χ0n) is 29.7. The van der Waals surface area contributed by atoms with Crippen LogP contribution < -0.4 is 0 Å². The number of fused-ring (bicyclic) bond motifs is 8. The zero-order chi connectivity index (χ0) is 35.3. The van der Waals surface area contributed by atoms with Crippen LogP contribution in [0.1, 0.15) is 25.0 Å². The van der Waals surface area contributed by atoms with Crippen LogP contribution in [0.15, 0.2) is 176 Å². The molecule has 1 nitrogen and oxygen atoms in total. The first-order valence-electron chi connectivity index (χ1n) is 18.6. The summed E-state index contributed by atoms with van der Waals surface area (Å²) in [5, 5.41) is 9.83. The van der Waals surface area contributed by atoms with Crippen LogP contribution in [0.3, 0.4) is 0 Å². The Morgan fingerprint density at radius 2 is 0.868 bits per heavy atom. The van der Waals surface area contributed by atoms with Crippen molar-refractivity contribution in [3.8, 4) is 44.5 Å². The van der Waals surface area contributed by atoms with Gasteiger partial charge >= 0.3 is 0 Å². The second-order valence-corrected chi connectivity index (χ2v) is 15.0. The van der Waals surface area contributed by atoms with E-state index in [1.54, 1.807) is 0 Å². The van der Waals surface area contributed by atoms with Crippen LogP contribution in [0.4, 0.5) is 0 Å². The first-order chi connectivity index (χ1) is 26.1. The number of hydrogen-bond acceptors (Lipinski definition) is 1. The fraction of sp³-hybridized carbons (Fsp3) is 0.0577. The molecule has 53 heavy (non-hydrogen) atoms. The number of aromatic nitrogens is 1. The summed E-state index contributed by atoms with van der Waals surface area (Å²) < 4.78 is 0. The van der Waals surface area contributed by atoms with E-state index in [-0.39, 0.29) is 5.41 Å². The summed E-state index contributed by atoms with van der Waals surface area (Å²) in [5.74, 6) is 0. The number of rotatable bonds is 3. The molecule has 0 saturated carbocycles. The van der Waals surface area contributed by atoms with E-state index in [9.17, 15) is 0 Å². The fourth-order valence-electron chi connectivity index (χ4n) is 9.39. The number of benzene rings is 9. The molecule has 1 heteroatoms. The Kier molecular flexibility index (Phi) is 6.37. The number of pyridine rings is 1. The molecule has 0 N–H and O–H groups in total. The number of para-hydroxylation sites is 2. The van der Waals surface area contributed by atoms with Gasteiger partial charge in [0.1, 0.15) is 0 Å². The topological polar surface area (TPSA) is 12.9 Å². The molecule has 0 bridgehead atoms. The van der Waals surface area contributed by atoms with Crippen molar-refractivity contribution in [3.63, 3.8) is 0 Å². The van der Waals surface area contributed by atoms with Gasteiger partial charge in [0.05, 0.1) is 11.0 Å². The average molecular weight is 674 g/mol. The molecule has 0 atom stereocenters. The van der Waals surface area contributed by atoms with E-state index in [0.29, 0.717) is 0 Å². The van der Waals surface area contributed by atoms with E-state index < -0.39 is 0 Å². The summed E-state index contributed by atoms with van der Waals surface area (Å²) in [6, 6.07) is 65.0. The Bertz CT molecular complexity index is 3090. The minimum Gasteiger partial charge on any atom is -0.248 e. The average Bonchev–Trinajstić information content (AvgIpc) is 3.44. The van der Waals surface area contributed by atoms with Crippen LogP contribution in [0.5, 0.6) is 0 Å². The Labute approximate surface area is 308 Å². The van der Waals surface area contributed by atoms with E-state index in [0.717, 1.165) is 11.0 Å². The van der Waals surface area contributed by atoms with Crippen molar-refractivity contribution in [2.24, 2.45) is 0 Å². The maximum Gasteiger partial charge on any atom is 0.0715 e. The normalized spacial score (nSPS) is 13.2. The van der Waals surface area contributed by atoms with Gasteiger partial charge in [0.2, 0.25) is 0 Å². The lowest BCUT2D eigenvalue weighted by atomic mass is 9.81. The molecule has 0 spiro atoms. The molecule has 0 amide bonds.